The van der Waals surface area contributed by atoms with Gasteiger partial charge < -0.3 is 0 Å². The van der Waals surface area contributed by atoms with Gasteiger partial charge in [0.1, 0.15) is 0 Å². The number of para-hydroxylation sites is 1. The summed E-state index contributed by atoms with van der Waals surface area (Å²) < 4.78 is -0.319. The van der Waals surface area contributed by atoms with Gasteiger partial charge in [-0.05, 0) is 0 Å². The number of nitrogens with two attached hydrogens (primary N) is 2. The number of hydrogen-bond donors (Lipinski definition) is 2. The molecule has 0 saturated heterocycles. The summed E-state index contributed by atoms with van der Waals surface area (Å²) in [6, 6.07) is 14.1. The van der Waals surface area contributed by atoms with Crippen molar-refractivity contribution in [3.05, 3.63) is 65.2 Å². The molecule has 1 atom stereocenters. The van der Waals surface area contributed by atoms with Crippen molar-refractivity contribution in [1.82, 2.24) is 0 Å². The Morgan fingerprint density at radius 1 is 1.00 bits per heavy atom. The number of hydrogen-bond acceptors (Lipinski definition) is 3. The normalized spacial score (nSPS) is 11.8. The van der Waals surface area contributed by atoms with Gasteiger partial charge in [0.15, 0.2) is 0 Å². The van der Waals surface area contributed by atoms with Crippen LogP contribution in [0.5, 0.6) is 0 Å². The zero-order valence-corrected chi connectivity index (χ0v) is 16.1. The molecule has 2 rings (SSSR count). The molecule has 0 aliphatic carbocycles. The van der Waals surface area contributed by atoms with Gasteiger partial charge in [0.05, 0.1) is 0 Å². The Morgan fingerprint density at radius 2 is 1.65 bits per heavy atom. The van der Waals surface area contributed by atoms with Crippen LogP contribution in [0.3, 0.4) is 0 Å². The number of primary amides is 1. The number of ketones is 1. The van der Waals surface area contributed by atoms with Gasteiger partial charge in [0.25, 0.3) is 0 Å². The molecule has 4 N–H and O–H groups in total. The third-order valence-electron chi connectivity index (χ3n) is 3.31. The molecule has 98 valence electrons. The minimum atomic E-state index is -0.378. The second kappa shape index (κ2) is 6.54. The number of amides is 1. The van der Waals surface area contributed by atoms with E-state index in [9.17, 15) is 9.59 Å². The zero-order chi connectivity index (χ0) is 14.7. The van der Waals surface area contributed by atoms with Gasteiger partial charge in [0, 0.05) is 0 Å². The number of anilines is 1. The summed E-state index contributed by atoms with van der Waals surface area (Å²) in [5.74, 6) is -0.520. The van der Waals surface area contributed by atoms with Crippen LogP contribution in [0, 0.1) is 0 Å². The Bertz CT molecular complexity index is 656. The Labute approximate surface area is 146 Å². The zero-order valence-electron chi connectivity index (χ0n) is 11.2. The van der Waals surface area contributed by atoms with Crippen molar-refractivity contribution in [3.63, 3.8) is 0 Å². The van der Waals surface area contributed by atoms with Crippen molar-refractivity contribution in [2.24, 2.45) is 5.73 Å². The van der Waals surface area contributed by atoms with E-state index < -0.39 is 0 Å². The first-order chi connectivity index (χ1) is 9.52. The van der Waals surface area contributed by atoms with E-state index >= 15 is 0 Å². The Kier molecular flexibility index (Phi) is 4.99. The molecule has 0 heterocycles. The molecule has 0 bridgehead atoms. The van der Waals surface area contributed by atoms with E-state index in [-0.39, 0.29) is 55.8 Å². The number of rotatable bonds is 4. The molecule has 5 heteroatoms. The van der Waals surface area contributed by atoms with E-state index in [0.717, 1.165) is 0 Å². The molecule has 0 aliphatic rings. The van der Waals surface area contributed by atoms with Crippen LogP contribution in [0.2, 0.25) is 0 Å². The van der Waals surface area contributed by atoms with Crippen LogP contribution >= 0.6 is 0 Å². The third kappa shape index (κ3) is 3.12. The van der Waals surface area contributed by atoms with Crippen molar-refractivity contribution < 1.29 is 9.59 Å². The summed E-state index contributed by atoms with van der Waals surface area (Å²) in [5, 5.41) is 0. The summed E-state index contributed by atoms with van der Waals surface area (Å²) in [6.45, 7) is 0. The monoisotopic (exact) mass is 342 g/mol. The molecular weight excluding hydrogens is 328 g/mol. The predicted molar refractivity (Wildman–Crippen MR) is 79.8 cm³/mol. The summed E-state index contributed by atoms with van der Waals surface area (Å²) in [6.07, 6.45) is 0. The van der Waals surface area contributed by atoms with Gasteiger partial charge in [-0.1, -0.05) is 0 Å². The van der Waals surface area contributed by atoms with Crippen LogP contribution in [-0.2, 0) is 4.79 Å². The topological polar surface area (TPSA) is 86.2 Å². The maximum absolute atomic E-state index is 12.4. The van der Waals surface area contributed by atoms with Crippen LogP contribution in [0.25, 0.3) is 0 Å². The van der Waals surface area contributed by atoms with E-state index in [1.807, 2.05) is 6.07 Å². The molecule has 4 nitrogen and oxygen atoms in total. The van der Waals surface area contributed by atoms with Crippen LogP contribution in [-0.4, -0.2) is 54.9 Å². The predicted octanol–water partition coefficient (Wildman–Crippen LogP) is 0.927. The van der Waals surface area contributed by atoms with Gasteiger partial charge in [-0.25, -0.2) is 0 Å². The molecule has 0 aliphatic heterocycles. The van der Waals surface area contributed by atoms with Crippen LogP contribution in [0.15, 0.2) is 48.5 Å². The summed E-state index contributed by atoms with van der Waals surface area (Å²) in [7, 11) is 0. The molecule has 0 radical (unpaired) electrons. The molecule has 0 spiro atoms. The Morgan fingerprint density at radius 3 is 2.25 bits per heavy atom. The van der Waals surface area contributed by atoms with Crippen LogP contribution < -0.4 is 11.5 Å². The first-order valence-electron chi connectivity index (χ1n) is 6.29. The molecule has 2 aromatic rings. The van der Waals surface area contributed by atoms with Crippen LogP contribution in [0.4, 0.5) is 5.69 Å². The number of nitrogen functional groups attached to an aromatic ring is 1. The van der Waals surface area contributed by atoms with Gasteiger partial charge in [-0.15, -0.1) is 0 Å². The van der Waals surface area contributed by atoms with Crippen LogP contribution in [0.1, 0.15) is 22.4 Å². The third-order valence-corrected chi connectivity index (χ3v) is 6.24. The SMILES string of the molecule is NC(=O)[CH]([SrH])c1cccc(C(=O)c2ccccc2)c1N. The van der Waals surface area contributed by atoms with Gasteiger partial charge in [-0.2, -0.15) is 0 Å². The van der Waals surface area contributed by atoms with Crippen molar-refractivity contribution >= 4 is 60.6 Å². The maximum atomic E-state index is 12.4. The molecule has 0 saturated carbocycles. The van der Waals surface area contributed by atoms with Gasteiger partial charge in [-0.3, -0.25) is 0 Å². The van der Waals surface area contributed by atoms with Crippen molar-refractivity contribution in [2.45, 2.75) is 0.889 Å². The summed E-state index contributed by atoms with van der Waals surface area (Å²) in [5.41, 5.74) is 13.5. The first-order valence-corrected chi connectivity index (χ1v) is 9.13. The standard InChI is InChI=1S/C15H13N2O2.Sr.H/c16-13(18)9-11-7-4-8-12(14(11)17)15(19)10-5-2-1-3-6-10;;/h1-9H,17H2,(H2,16,18);;. The molecular formula is C15H14N2O2Sr. The molecule has 0 aromatic heterocycles. The average molecular weight is 342 g/mol. The first kappa shape index (κ1) is 15.3. The number of carbonyl (C=O) groups excluding carboxylic acids is 2. The summed E-state index contributed by atoms with van der Waals surface area (Å²) in [4.78, 5) is 23.8. The molecule has 2 aromatic carbocycles. The summed E-state index contributed by atoms with van der Waals surface area (Å²) >= 11 is -0.0124. The van der Waals surface area contributed by atoms with E-state index in [0.29, 0.717) is 22.4 Å². The minimum absolute atomic E-state index is 0.0124. The van der Waals surface area contributed by atoms with Crippen molar-refractivity contribution in [3.8, 4) is 0 Å². The second-order valence-electron chi connectivity index (χ2n) is 4.63. The van der Waals surface area contributed by atoms with Gasteiger partial charge >= 0.3 is 148 Å². The van der Waals surface area contributed by atoms with E-state index in [1.165, 1.54) is 0 Å². The second-order valence-corrected chi connectivity index (χ2v) is 7.47. The molecule has 1 amide bonds. The Balaban J connectivity index is 2.46. The molecule has 0 fully saturated rings. The number of carbonyl (C=O) groups is 2. The van der Waals surface area contributed by atoms with E-state index in [4.69, 9.17) is 11.5 Å². The van der Waals surface area contributed by atoms with Crippen molar-refractivity contribution in [2.75, 3.05) is 5.73 Å². The quantitative estimate of drug-likeness (QED) is 0.492. The van der Waals surface area contributed by atoms with Gasteiger partial charge in [0.2, 0.25) is 0 Å². The van der Waals surface area contributed by atoms with E-state index in [2.05, 4.69) is 0 Å². The average Bonchev–Trinajstić information content (AvgIpc) is 2.47. The van der Waals surface area contributed by atoms with Crippen molar-refractivity contribution in [1.29, 1.82) is 0 Å². The fraction of sp³-hybridized carbons (Fsp3) is 0.0667. The number of benzene rings is 2. The molecule has 20 heavy (non-hydrogen) atoms. The fourth-order valence-corrected chi connectivity index (χ4v) is 3.29. The Hall–Kier alpha value is -1.14. The molecule has 1 unspecified atom stereocenters. The fourth-order valence-electron chi connectivity index (χ4n) is 2.06. The van der Waals surface area contributed by atoms with E-state index in [1.54, 1.807) is 42.5 Å².